The molecule has 0 spiro atoms. The molecule has 1 unspecified atom stereocenters. The maximum atomic E-state index is 2.37. The molecule has 2 aromatic rings. The third-order valence-corrected chi connectivity index (χ3v) is 4.48. The number of hydrogen-bond acceptors (Lipinski definition) is 2. The third kappa shape index (κ3) is 1.56. The Balaban J connectivity index is 2.17. The number of rotatable bonds is 1. The topological polar surface area (TPSA) is 6.48 Å². The minimum atomic E-state index is -0.128. The quantitative estimate of drug-likeness (QED) is 0.762. The number of nitrogens with zero attached hydrogens (tertiary/aromatic N) is 2. The zero-order valence-electron chi connectivity index (χ0n) is 12.0. The molecular weight excluding hydrogens is 232 g/mol. The second-order valence-corrected chi connectivity index (χ2v) is 5.50. The van der Waals surface area contributed by atoms with E-state index < -0.39 is 0 Å². The first kappa shape index (κ1) is 12.1. The Hall–Kier alpha value is -1.96. The predicted octanol–water partition coefficient (Wildman–Crippen LogP) is 3.75. The highest BCUT2D eigenvalue weighted by Crippen LogP contribution is 2.48. The van der Waals surface area contributed by atoms with E-state index in [-0.39, 0.29) is 5.66 Å². The van der Waals surface area contributed by atoms with E-state index in [1.54, 1.807) is 0 Å². The van der Waals surface area contributed by atoms with Gasteiger partial charge in [-0.25, -0.2) is 0 Å². The van der Waals surface area contributed by atoms with Crippen LogP contribution in [0.3, 0.4) is 0 Å². The summed E-state index contributed by atoms with van der Waals surface area (Å²) in [5.74, 6) is 0. The molecule has 2 heteroatoms. The van der Waals surface area contributed by atoms with E-state index in [1.165, 1.54) is 22.5 Å². The SMILES string of the molecule is Cc1ccc2c(c1)N(C)C(C)(c1ccccc1)N2C. The van der Waals surface area contributed by atoms with E-state index in [1.807, 2.05) is 0 Å². The van der Waals surface area contributed by atoms with Crippen LogP contribution in [-0.4, -0.2) is 14.1 Å². The van der Waals surface area contributed by atoms with Gasteiger partial charge < -0.3 is 9.80 Å². The van der Waals surface area contributed by atoms with E-state index in [4.69, 9.17) is 0 Å². The highest BCUT2D eigenvalue weighted by atomic mass is 15.4. The summed E-state index contributed by atoms with van der Waals surface area (Å²) in [4.78, 5) is 4.72. The largest absolute Gasteiger partial charge is 0.347 e. The second kappa shape index (κ2) is 4.02. The standard InChI is InChI=1S/C17H20N2/c1-13-10-11-15-16(12-13)19(4)17(2,18(15)3)14-8-6-5-7-9-14/h5-12H,1-4H3. The number of benzene rings is 2. The summed E-state index contributed by atoms with van der Waals surface area (Å²) >= 11 is 0. The van der Waals surface area contributed by atoms with Gasteiger partial charge in [-0.2, -0.15) is 0 Å². The number of aryl methyl sites for hydroxylation is 1. The van der Waals surface area contributed by atoms with E-state index in [0.717, 1.165) is 0 Å². The van der Waals surface area contributed by atoms with Crippen LogP contribution in [0.4, 0.5) is 11.4 Å². The predicted molar refractivity (Wildman–Crippen MR) is 81.8 cm³/mol. The Morgan fingerprint density at radius 2 is 1.47 bits per heavy atom. The average molecular weight is 252 g/mol. The van der Waals surface area contributed by atoms with Crippen molar-refractivity contribution < 1.29 is 0 Å². The summed E-state index contributed by atoms with van der Waals surface area (Å²) in [5.41, 5.74) is 5.08. The molecule has 0 radical (unpaired) electrons. The van der Waals surface area contributed by atoms with Crippen LogP contribution in [0.5, 0.6) is 0 Å². The van der Waals surface area contributed by atoms with Gasteiger partial charge in [-0.05, 0) is 37.1 Å². The lowest BCUT2D eigenvalue weighted by atomic mass is 10.00. The zero-order valence-corrected chi connectivity index (χ0v) is 12.0. The van der Waals surface area contributed by atoms with Crippen LogP contribution in [0.1, 0.15) is 18.1 Å². The van der Waals surface area contributed by atoms with Crippen molar-refractivity contribution in [1.82, 2.24) is 0 Å². The van der Waals surface area contributed by atoms with Crippen molar-refractivity contribution in [3.05, 3.63) is 59.7 Å². The Kier molecular flexibility index (Phi) is 2.56. The first-order chi connectivity index (χ1) is 9.05. The molecule has 0 amide bonds. The maximum Gasteiger partial charge on any atom is 0.136 e. The molecule has 0 bridgehead atoms. The molecular formula is C17H20N2. The number of hydrogen-bond donors (Lipinski definition) is 0. The fraction of sp³-hybridized carbons (Fsp3) is 0.294. The summed E-state index contributed by atoms with van der Waals surface area (Å²) < 4.78 is 0. The Labute approximate surface area is 115 Å². The molecule has 19 heavy (non-hydrogen) atoms. The molecule has 98 valence electrons. The molecule has 2 nitrogen and oxygen atoms in total. The van der Waals surface area contributed by atoms with E-state index in [2.05, 4.69) is 86.3 Å². The normalized spacial score (nSPS) is 21.7. The summed E-state index contributed by atoms with van der Waals surface area (Å²) in [6.07, 6.45) is 0. The van der Waals surface area contributed by atoms with E-state index in [9.17, 15) is 0 Å². The molecule has 3 rings (SSSR count). The fourth-order valence-electron chi connectivity index (χ4n) is 3.02. The van der Waals surface area contributed by atoms with Crippen molar-refractivity contribution in [2.75, 3.05) is 23.9 Å². The summed E-state index contributed by atoms with van der Waals surface area (Å²) in [7, 11) is 4.35. The van der Waals surface area contributed by atoms with Crippen LogP contribution in [-0.2, 0) is 5.66 Å². The van der Waals surface area contributed by atoms with Crippen LogP contribution in [0, 0.1) is 6.92 Å². The van der Waals surface area contributed by atoms with Gasteiger partial charge in [-0.1, -0.05) is 36.4 Å². The third-order valence-electron chi connectivity index (χ3n) is 4.48. The lowest BCUT2D eigenvalue weighted by Crippen LogP contribution is -2.48. The van der Waals surface area contributed by atoms with Crippen molar-refractivity contribution in [1.29, 1.82) is 0 Å². The molecule has 1 aliphatic rings. The molecule has 1 heterocycles. The first-order valence-electron chi connectivity index (χ1n) is 6.69. The highest BCUT2D eigenvalue weighted by Gasteiger charge is 2.43. The van der Waals surface area contributed by atoms with Gasteiger partial charge in [0.05, 0.1) is 11.4 Å². The lowest BCUT2D eigenvalue weighted by molar-refractivity contribution is 0.480. The van der Waals surface area contributed by atoms with Gasteiger partial charge in [-0.3, -0.25) is 0 Å². The van der Waals surface area contributed by atoms with Crippen LogP contribution >= 0.6 is 0 Å². The first-order valence-corrected chi connectivity index (χ1v) is 6.69. The maximum absolute atomic E-state index is 2.37. The van der Waals surface area contributed by atoms with Gasteiger partial charge in [0.25, 0.3) is 0 Å². The van der Waals surface area contributed by atoms with Crippen molar-refractivity contribution in [2.45, 2.75) is 19.5 Å². The Morgan fingerprint density at radius 3 is 2.16 bits per heavy atom. The lowest BCUT2D eigenvalue weighted by Gasteiger charge is -2.40. The summed E-state index contributed by atoms with van der Waals surface area (Å²) in [5, 5.41) is 0. The van der Waals surface area contributed by atoms with Gasteiger partial charge in [0.15, 0.2) is 0 Å². The summed E-state index contributed by atoms with van der Waals surface area (Å²) in [6.45, 7) is 4.42. The number of anilines is 2. The monoisotopic (exact) mass is 252 g/mol. The second-order valence-electron chi connectivity index (χ2n) is 5.50. The number of fused-ring (bicyclic) bond motifs is 1. The molecule has 2 aromatic carbocycles. The molecule has 1 atom stereocenters. The van der Waals surface area contributed by atoms with Crippen LogP contribution in [0.2, 0.25) is 0 Å². The summed E-state index contributed by atoms with van der Waals surface area (Å²) in [6, 6.07) is 17.3. The van der Waals surface area contributed by atoms with Crippen molar-refractivity contribution in [3.63, 3.8) is 0 Å². The van der Waals surface area contributed by atoms with Crippen LogP contribution in [0.15, 0.2) is 48.5 Å². The molecule has 0 aliphatic carbocycles. The van der Waals surface area contributed by atoms with Crippen molar-refractivity contribution in [3.8, 4) is 0 Å². The van der Waals surface area contributed by atoms with Gasteiger partial charge in [0, 0.05) is 14.1 Å². The van der Waals surface area contributed by atoms with Gasteiger partial charge in [0.1, 0.15) is 5.66 Å². The van der Waals surface area contributed by atoms with Gasteiger partial charge in [0.2, 0.25) is 0 Å². The zero-order chi connectivity index (χ0) is 13.6. The highest BCUT2D eigenvalue weighted by molar-refractivity contribution is 5.80. The molecule has 0 aromatic heterocycles. The molecule has 0 N–H and O–H groups in total. The van der Waals surface area contributed by atoms with E-state index >= 15 is 0 Å². The Bertz CT molecular complexity index is 606. The van der Waals surface area contributed by atoms with Crippen LogP contribution in [0.25, 0.3) is 0 Å². The molecule has 0 saturated carbocycles. The van der Waals surface area contributed by atoms with Crippen LogP contribution < -0.4 is 9.80 Å². The van der Waals surface area contributed by atoms with Crippen molar-refractivity contribution in [2.24, 2.45) is 0 Å². The fourth-order valence-corrected chi connectivity index (χ4v) is 3.02. The van der Waals surface area contributed by atoms with Gasteiger partial charge in [-0.15, -0.1) is 0 Å². The van der Waals surface area contributed by atoms with Gasteiger partial charge >= 0.3 is 0 Å². The Morgan fingerprint density at radius 1 is 0.842 bits per heavy atom. The van der Waals surface area contributed by atoms with E-state index in [0.29, 0.717) is 0 Å². The minimum Gasteiger partial charge on any atom is -0.347 e. The smallest absolute Gasteiger partial charge is 0.136 e. The molecule has 1 aliphatic heterocycles. The minimum absolute atomic E-state index is 0.128. The van der Waals surface area contributed by atoms with Crippen molar-refractivity contribution >= 4 is 11.4 Å². The average Bonchev–Trinajstić information content (AvgIpc) is 2.63. The molecule has 0 fully saturated rings. The molecule has 0 saturated heterocycles.